The molecule has 2 heterocycles. The lowest BCUT2D eigenvalue weighted by molar-refractivity contribution is 0.243. The van der Waals surface area contributed by atoms with Crippen LogP contribution in [-0.2, 0) is 0 Å². The summed E-state index contributed by atoms with van der Waals surface area (Å²) in [5.74, 6) is 1.02. The summed E-state index contributed by atoms with van der Waals surface area (Å²) in [5.41, 5.74) is 0.770. The summed E-state index contributed by atoms with van der Waals surface area (Å²) >= 11 is 0. The van der Waals surface area contributed by atoms with Crippen molar-refractivity contribution in [3.05, 3.63) is 12.2 Å². The zero-order valence-electron chi connectivity index (χ0n) is 9.54. The molecule has 0 amide bonds. The van der Waals surface area contributed by atoms with Crippen LogP contribution in [0.1, 0.15) is 25.7 Å². The molecule has 3 aliphatic rings. The first-order valence-electron chi connectivity index (χ1n) is 6.47. The van der Waals surface area contributed by atoms with Gasteiger partial charge in [0.2, 0.25) is 0 Å². The maximum absolute atomic E-state index is 3.48. The second-order valence-corrected chi connectivity index (χ2v) is 5.53. The Kier molecular flexibility index (Phi) is 2.57. The van der Waals surface area contributed by atoms with Crippen LogP contribution in [0.25, 0.3) is 0 Å². The maximum Gasteiger partial charge on any atom is 0.0163 e. The number of hydrogen-bond donors (Lipinski definition) is 1. The molecule has 1 N–H and O–H groups in total. The van der Waals surface area contributed by atoms with Gasteiger partial charge in [-0.1, -0.05) is 12.2 Å². The summed E-state index contributed by atoms with van der Waals surface area (Å²) < 4.78 is 0. The molecule has 0 bridgehead atoms. The molecule has 1 saturated heterocycles. The van der Waals surface area contributed by atoms with Crippen molar-refractivity contribution in [3.8, 4) is 0 Å². The van der Waals surface area contributed by atoms with Gasteiger partial charge in [-0.15, -0.1) is 0 Å². The fourth-order valence-corrected chi connectivity index (χ4v) is 3.39. The highest BCUT2D eigenvalue weighted by atomic mass is 15.1. The third kappa shape index (κ3) is 1.98. The van der Waals surface area contributed by atoms with Gasteiger partial charge in [-0.2, -0.15) is 0 Å². The van der Waals surface area contributed by atoms with Gasteiger partial charge in [0.1, 0.15) is 0 Å². The number of nitrogens with zero attached hydrogens (tertiary/aromatic N) is 1. The molecular formula is C13H22N2. The number of hydrogen-bond acceptors (Lipinski definition) is 2. The first kappa shape index (κ1) is 9.86. The summed E-state index contributed by atoms with van der Waals surface area (Å²) in [6, 6.07) is 0. The van der Waals surface area contributed by atoms with Crippen LogP contribution in [-0.4, -0.2) is 37.6 Å². The van der Waals surface area contributed by atoms with Gasteiger partial charge in [0.15, 0.2) is 0 Å². The van der Waals surface area contributed by atoms with Crippen molar-refractivity contribution in [2.45, 2.75) is 25.7 Å². The van der Waals surface area contributed by atoms with E-state index in [4.69, 9.17) is 0 Å². The van der Waals surface area contributed by atoms with Crippen molar-refractivity contribution in [2.75, 3.05) is 32.7 Å². The van der Waals surface area contributed by atoms with Crippen molar-refractivity contribution in [3.63, 3.8) is 0 Å². The van der Waals surface area contributed by atoms with E-state index in [1.807, 2.05) is 0 Å². The van der Waals surface area contributed by atoms with Gasteiger partial charge in [0.05, 0.1) is 0 Å². The van der Waals surface area contributed by atoms with Gasteiger partial charge < -0.3 is 5.32 Å². The van der Waals surface area contributed by atoms with Crippen LogP contribution < -0.4 is 5.32 Å². The quantitative estimate of drug-likeness (QED) is 0.691. The Hall–Kier alpha value is -0.340. The predicted octanol–water partition coefficient (Wildman–Crippen LogP) is 1.64. The molecule has 2 nitrogen and oxygen atoms in total. The highest BCUT2D eigenvalue weighted by Gasteiger charge is 2.53. The Morgan fingerprint density at radius 1 is 1.27 bits per heavy atom. The van der Waals surface area contributed by atoms with E-state index in [9.17, 15) is 0 Å². The molecule has 0 aromatic rings. The first-order valence-corrected chi connectivity index (χ1v) is 6.47. The van der Waals surface area contributed by atoms with Crippen LogP contribution in [0.2, 0.25) is 0 Å². The molecule has 0 radical (unpaired) electrons. The number of nitrogens with one attached hydrogen (secondary N) is 1. The third-order valence-corrected chi connectivity index (χ3v) is 4.58. The summed E-state index contributed by atoms with van der Waals surface area (Å²) in [4.78, 5) is 2.64. The van der Waals surface area contributed by atoms with Crippen molar-refractivity contribution in [1.82, 2.24) is 10.2 Å². The molecule has 0 aromatic heterocycles. The van der Waals surface area contributed by atoms with Crippen molar-refractivity contribution >= 4 is 0 Å². The minimum atomic E-state index is 0.770. The van der Waals surface area contributed by atoms with Crippen LogP contribution in [0.5, 0.6) is 0 Å². The van der Waals surface area contributed by atoms with Crippen molar-refractivity contribution in [2.24, 2.45) is 11.3 Å². The predicted molar refractivity (Wildman–Crippen MR) is 62.8 cm³/mol. The fourth-order valence-electron chi connectivity index (χ4n) is 3.39. The molecule has 1 atom stereocenters. The zero-order chi connectivity index (χ0) is 10.1. The van der Waals surface area contributed by atoms with Crippen LogP contribution in [0, 0.1) is 11.3 Å². The third-order valence-electron chi connectivity index (χ3n) is 4.58. The highest BCUT2D eigenvalue weighted by Crippen LogP contribution is 2.58. The van der Waals surface area contributed by atoms with Crippen LogP contribution in [0.4, 0.5) is 0 Å². The van der Waals surface area contributed by atoms with Crippen LogP contribution in [0.15, 0.2) is 12.2 Å². The average Bonchev–Trinajstić information content (AvgIpc) is 2.93. The number of piperidine rings is 1. The van der Waals surface area contributed by atoms with Crippen molar-refractivity contribution in [1.29, 1.82) is 0 Å². The lowest BCUT2D eigenvalue weighted by Gasteiger charge is -2.27. The molecule has 84 valence electrons. The molecule has 1 aliphatic carbocycles. The summed E-state index contributed by atoms with van der Waals surface area (Å²) in [6.45, 7) is 6.38. The van der Waals surface area contributed by atoms with Gasteiger partial charge in [-0.25, -0.2) is 0 Å². The molecule has 1 spiro atoms. The van der Waals surface area contributed by atoms with Gasteiger partial charge in [0, 0.05) is 19.6 Å². The minimum absolute atomic E-state index is 0.770. The van der Waals surface area contributed by atoms with Gasteiger partial charge >= 0.3 is 0 Å². The standard InChI is InChI=1S/C13H22N2/c1-2-8-15(9-3-1)11-12-10-13(12)4-6-14-7-5-13/h1-2,12,14H,3-11H2. The molecule has 15 heavy (non-hydrogen) atoms. The SMILES string of the molecule is C1=CCN(CC2CC23CCNCC3)CC1. The summed E-state index contributed by atoms with van der Waals surface area (Å²) in [7, 11) is 0. The van der Waals surface area contributed by atoms with E-state index in [1.54, 1.807) is 0 Å². The van der Waals surface area contributed by atoms with E-state index in [0.29, 0.717) is 0 Å². The Balaban J connectivity index is 1.51. The Labute approximate surface area is 92.7 Å². The molecule has 3 rings (SSSR count). The first-order chi connectivity index (χ1) is 7.39. The summed E-state index contributed by atoms with van der Waals surface area (Å²) in [6.07, 6.45) is 10.3. The molecule has 1 unspecified atom stereocenters. The Morgan fingerprint density at radius 2 is 2.13 bits per heavy atom. The van der Waals surface area contributed by atoms with Gasteiger partial charge in [-0.3, -0.25) is 4.90 Å². The van der Waals surface area contributed by atoms with Gasteiger partial charge in [-0.05, 0) is 50.1 Å². The molecule has 2 heteroatoms. The molecule has 2 aliphatic heterocycles. The van der Waals surface area contributed by atoms with E-state index in [0.717, 1.165) is 11.3 Å². The van der Waals surface area contributed by atoms with E-state index in [1.165, 1.54) is 58.4 Å². The van der Waals surface area contributed by atoms with Crippen LogP contribution in [0.3, 0.4) is 0 Å². The highest BCUT2D eigenvalue weighted by molar-refractivity contribution is 5.06. The van der Waals surface area contributed by atoms with Crippen LogP contribution >= 0.6 is 0 Å². The fraction of sp³-hybridized carbons (Fsp3) is 0.846. The average molecular weight is 206 g/mol. The number of rotatable bonds is 2. The smallest absolute Gasteiger partial charge is 0.0163 e. The monoisotopic (exact) mass is 206 g/mol. The normalized spacial score (nSPS) is 34.5. The topological polar surface area (TPSA) is 15.3 Å². The lowest BCUT2D eigenvalue weighted by Crippen LogP contribution is -2.34. The Bertz CT molecular complexity index is 253. The second-order valence-electron chi connectivity index (χ2n) is 5.53. The van der Waals surface area contributed by atoms with E-state index >= 15 is 0 Å². The van der Waals surface area contributed by atoms with E-state index in [-0.39, 0.29) is 0 Å². The largest absolute Gasteiger partial charge is 0.317 e. The summed E-state index contributed by atoms with van der Waals surface area (Å²) in [5, 5.41) is 3.48. The second kappa shape index (κ2) is 3.91. The zero-order valence-corrected chi connectivity index (χ0v) is 9.54. The molecule has 2 fully saturated rings. The molecule has 1 saturated carbocycles. The van der Waals surface area contributed by atoms with Gasteiger partial charge in [0.25, 0.3) is 0 Å². The van der Waals surface area contributed by atoms with E-state index in [2.05, 4.69) is 22.4 Å². The van der Waals surface area contributed by atoms with Crippen molar-refractivity contribution < 1.29 is 0 Å². The molecule has 0 aromatic carbocycles. The minimum Gasteiger partial charge on any atom is -0.317 e. The maximum atomic E-state index is 3.48. The molecular weight excluding hydrogens is 184 g/mol. The van der Waals surface area contributed by atoms with E-state index < -0.39 is 0 Å². The lowest BCUT2D eigenvalue weighted by atomic mass is 9.92. The Morgan fingerprint density at radius 3 is 2.87 bits per heavy atom.